The summed E-state index contributed by atoms with van der Waals surface area (Å²) in [6.07, 6.45) is 0. The minimum Gasteiger partial charge on any atom is -0.497 e. The van der Waals surface area contributed by atoms with Crippen LogP contribution in [0.5, 0.6) is 5.75 Å². The average Bonchev–Trinajstić information content (AvgIpc) is 2.71. The van der Waals surface area contributed by atoms with Crippen molar-refractivity contribution in [2.24, 2.45) is 0 Å². The highest BCUT2D eigenvalue weighted by Crippen LogP contribution is 2.24. The normalized spacial score (nSPS) is 10.4. The molecular formula is C22H24N4O3. The van der Waals surface area contributed by atoms with Crippen LogP contribution < -0.4 is 15.0 Å². The van der Waals surface area contributed by atoms with Gasteiger partial charge in [0.25, 0.3) is 0 Å². The lowest BCUT2D eigenvalue weighted by molar-refractivity contribution is -0.135. The lowest BCUT2D eigenvalue weighted by Crippen LogP contribution is -2.25. The van der Waals surface area contributed by atoms with E-state index in [0.29, 0.717) is 12.4 Å². The van der Waals surface area contributed by atoms with Crippen molar-refractivity contribution in [2.45, 2.75) is 13.5 Å². The van der Waals surface area contributed by atoms with E-state index < -0.39 is 5.97 Å². The molecule has 0 unspecified atom stereocenters. The number of nitrogens with zero attached hydrogens (tertiary/aromatic N) is 3. The summed E-state index contributed by atoms with van der Waals surface area (Å²) >= 11 is 0. The summed E-state index contributed by atoms with van der Waals surface area (Å²) in [5.74, 6) is 1.30. The van der Waals surface area contributed by atoms with Gasteiger partial charge in [-0.1, -0.05) is 24.3 Å². The molecule has 0 fully saturated rings. The number of nitrogens with one attached hydrogen (secondary N) is 1. The van der Waals surface area contributed by atoms with Gasteiger partial charge in [0.1, 0.15) is 23.9 Å². The zero-order valence-electron chi connectivity index (χ0n) is 16.7. The zero-order valence-corrected chi connectivity index (χ0v) is 16.7. The number of aromatic nitrogens is 2. The monoisotopic (exact) mass is 392 g/mol. The number of carbonyl (C=O) groups is 1. The SMILES string of the molecule is COc1cccc(-c2cc(NCc3cccc(N(C)CC(=O)O)c3)nc(C)n2)c1. The molecule has 2 aromatic carbocycles. The van der Waals surface area contributed by atoms with Crippen molar-refractivity contribution < 1.29 is 14.6 Å². The number of likely N-dealkylation sites (N-methyl/N-ethyl adjacent to an activating group) is 1. The van der Waals surface area contributed by atoms with Crippen molar-refractivity contribution >= 4 is 17.5 Å². The fraction of sp³-hybridized carbons (Fsp3) is 0.227. The second-order valence-electron chi connectivity index (χ2n) is 6.69. The third-order valence-corrected chi connectivity index (χ3v) is 4.40. The minimum atomic E-state index is -0.863. The Morgan fingerprint density at radius 3 is 2.69 bits per heavy atom. The molecule has 7 heteroatoms. The Labute approximate surface area is 170 Å². The van der Waals surface area contributed by atoms with Gasteiger partial charge < -0.3 is 20.1 Å². The van der Waals surface area contributed by atoms with Crippen molar-refractivity contribution in [3.63, 3.8) is 0 Å². The van der Waals surface area contributed by atoms with Gasteiger partial charge in [0, 0.05) is 30.9 Å². The highest BCUT2D eigenvalue weighted by molar-refractivity contribution is 5.73. The van der Waals surface area contributed by atoms with Gasteiger partial charge in [0.15, 0.2) is 0 Å². The van der Waals surface area contributed by atoms with Gasteiger partial charge in [0.2, 0.25) is 0 Å². The number of hydrogen-bond donors (Lipinski definition) is 2. The van der Waals surface area contributed by atoms with Crippen LogP contribution >= 0.6 is 0 Å². The fourth-order valence-corrected chi connectivity index (χ4v) is 2.98. The van der Waals surface area contributed by atoms with Crippen LogP contribution in [-0.4, -0.2) is 41.7 Å². The molecule has 0 saturated heterocycles. The Balaban J connectivity index is 1.76. The van der Waals surface area contributed by atoms with Crippen LogP contribution in [0, 0.1) is 6.92 Å². The van der Waals surface area contributed by atoms with E-state index in [4.69, 9.17) is 9.84 Å². The molecule has 0 bridgehead atoms. The topological polar surface area (TPSA) is 87.6 Å². The predicted molar refractivity (Wildman–Crippen MR) is 113 cm³/mol. The highest BCUT2D eigenvalue weighted by Gasteiger charge is 2.08. The average molecular weight is 392 g/mol. The van der Waals surface area contributed by atoms with E-state index in [1.54, 1.807) is 19.1 Å². The molecule has 0 aliphatic rings. The first-order chi connectivity index (χ1) is 13.9. The molecule has 3 rings (SSSR count). The van der Waals surface area contributed by atoms with E-state index in [9.17, 15) is 4.79 Å². The van der Waals surface area contributed by atoms with Crippen LogP contribution in [0.15, 0.2) is 54.6 Å². The van der Waals surface area contributed by atoms with Gasteiger partial charge >= 0.3 is 5.97 Å². The number of hydrogen-bond acceptors (Lipinski definition) is 6. The van der Waals surface area contributed by atoms with E-state index in [0.717, 1.165) is 34.1 Å². The van der Waals surface area contributed by atoms with Crippen LogP contribution in [-0.2, 0) is 11.3 Å². The maximum Gasteiger partial charge on any atom is 0.323 e. The van der Waals surface area contributed by atoms with Crippen LogP contribution in [0.3, 0.4) is 0 Å². The Kier molecular flexibility index (Phi) is 6.29. The van der Waals surface area contributed by atoms with Gasteiger partial charge in [-0.05, 0) is 36.8 Å². The lowest BCUT2D eigenvalue weighted by atomic mass is 10.1. The maximum absolute atomic E-state index is 10.9. The summed E-state index contributed by atoms with van der Waals surface area (Å²) in [4.78, 5) is 21.6. The number of ether oxygens (including phenoxy) is 1. The fourth-order valence-electron chi connectivity index (χ4n) is 2.98. The number of aliphatic carboxylic acids is 1. The molecule has 0 spiro atoms. The van der Waals surface area contributed by atoms with Gasteiger partial charge in [-0.3, -0.25) is 4.79 Å². The van der Waals surface area contributed by atoms with Gasteiger partial charge in [-0.2, -0.15) is 0 Å². The third kappa shape index (κ3) is 5.44. The van der Waals surface area contributed by atoms with Gasteiger partial charge in [-0.15, -0.1) is 0 Å². The molecule has 0 radical (unpaired) electrons. The van der Waals surface area contributed by atoms with Gasteiger partial charge in [-0.25, -0.2) is 9.97 Å². The number of methoxy groups -OCH3 is 1. The van der Waals surface area contributed by atoms with Crippen molar-refractivity contribution in [1.82, 2.24) is 9.97 Å². The van der Waals surface area contributed by atoms with E-state index in [1.807, 2.05) is 61.5 Å². The van der Waals surface area contributed by atoms with E-state index in [-0.39, 0.29) is 6.54 Å². The molecule has 3 aromatic rings. The molecule has 0 aliphatic heterocycles. The third-order valence-electron chi connectivity index (χ3n) is 4.40. The molecular weight excluding hydrogens is 368 g/mol. The summed E-state index contributed by atoms with van der Waals surface area (Å²) in [7, 11) is 3.40. The number of benzene rings is 2. The smallest absolute Gasteiger partial charge is 0.323 e. The molecule has 0 saturated carbocycles. The molecule has 1 aromatic heterocycles. The molecule has 0 aliphatic carbocycles. The minimum absolute atomic E-state index is 0.0497. The molecule has 0 amide bonds. The Morgan fingerprint density at radius 2 is 1.93 bits per heavy atom. The highest BCUT2D eigenvalue weighted by atomic mass is 16.5. The molecule has 0 atom stereocenters. The quantitative estimate of drug-likeness (QED) is 0.606. The van der Waals surface area contributed by atoms with Crippen molar-refractivity contribution in [2.75, 3.05) is 30.9 Å². The number of rotatable bonds is 8. The maximum atomic E-state index is 10.9. The number of carboxylic acids is 1. The molecule has 29 heavy (non-hydrogen) atoms. The first-order valence-corrected chi connectivity index (χ1v) is 9.20. The summed E-state index contributed by atoms with van der Waals surface area (Å²) in [5, 5.41) is 12.3. The van der Waals surface area contributed by atoms with E-state index in [1.165, 1.54) is 0 Å². The second kappa shape index (κ2) is 9.05. The molecule has 1 heterocycles. The first kappa shape index (κ1) is 20.1. The van der Waals surface area contributed by atoms with Crippen molar-refractivity contribution in [3.8, 4) is 17.0 Å². The standard InChI is InChI=1S/C22H24N4O3/c1-15-24-20(17-7-5-9-19(11-17)29-3)12-21(25-15)23-13-16-6-4-8-18(10-16)26(2)14-22(27)28/h4-12H,13-14H2,1-3H3,(H,27,28)(H,23,24,25). The summed E-state index contributed by atoms with van der Waals surface area (Å²) < 4.78 is 5.30. The number of anilines is 2. The van der Waals surface area contributed by atoms with Crippen molar-refractivity contribution in [3.05, 3.63) is 66.0 Å². The summed E-state index contributed by atoms with van der Waals surface area (Å²) in [5.41, 5.74) is 3.64. The first-order valence-electron chi connectivity index (χ1n) is 9.20. The van der Waals surface area contributed by atoms with Gasteiger partial charge in [0.05, 0.1) is 12.8 Å². The molecule has 150 valence electrons. The zero-order chi connectivity index (χ0) is 20.8. The molecule has 7 nitrogen and oxygen atoms in total. The second-order valence-corrected chi connectivity index (χ2v) is 6.69. The number of carboxylic acid groups (broad SMARTS) is 1. The number of aryl methyl sites for hydroxylation is 1. The lowest BCUT2D eigenvalue weighted by Gasteiger charge is -2.17. The largest absolute Gasteiger partial charge is 0.497 e. The van der Waals surface area contributed by atoms with Crippen molar-refractivity contribution in [1.29, 1.82) is 0 Å². The Hall–Kier alpha value is -3.61. The predicted octanol–water partition coefficient (Wildman–Crippen LogP) is 3.59. The summed E-state index contributed by atoms with van der Waals surface area (Å²) in [6.45, 7) is 2.37. The van der Waals surface area contributed by atoms with E-state index >= 15 is 0 Å². The Morgan fingerprint density at radius 1 is 1.14 bits per heavy atom. The Bertz CT molecular complexity index is 1010. The van der Waals surface area contributed by atoms with E-state index in [2.05, 4.69) is 15.3 Å². The van der Waals surface area contributed by atoms with Crippen LogP contribution in [0.2, 0.25) is 0 Å². The summed E-state index contributed by atoms with van der Waals surface area (Å²) in [6, 6.07) is 17.4. The van der Waals surface area contributed by atoms with Crippen LogP contribution in [0.1, 0.15) is 11.4 Å². The van der Waals surface area contributed by atoms with Crippen LogP contribution in [0.4, 0.5) is 11.5 Å². The van der Waals surface area contributed by atoms with Crippen LogP contribution in [0.25, 0.3) is 11.3 Å². The molecule has 2 N–H and O–H groups in total.